The van der Waals surface area contributed by atoms with Crippen LogP contribution in [0.5, 0.6) is 0 Å². The van der Waals surface area contributed by atoms with E-state index in [1.54, 1.807) is 0 Å². The largest absolute Gasteiger partial charge is 0.394 e. The predicted molar refractivity (Wildman–Crippen MR) is 87.0 cm³/mol. The molecule has 2 aliphatic heterocycles. The van der Waals surface area contributed by atoms with E-state index in [1.165, 1.54) is 17.7 Å². The lowest BCUT2D eigenvalue weighted by molar-refractivity contribution is -0.0518. The fourth-order valence-electron chi connectivity index (χ4n) is 2.99. The smallest absolute Gasteiger partial charge is 0.0932 e. The monoisotopic (exact) mass is 292 g/mol. The minimum absolute atomic E-state index is 0.000357. The third-order valence-electron chi connectivity index (χ3n) is 4.10. The highest BCUT2D eigenvalue weighted by Crippen LogP contribution is 2.26. The molecule has 0 spiro atoms. The molecule has 1 aromatic rings. The van der Waals surface area contributed by atoms with Gasteiger partial charge in [0.25, 0.3) is 0 Å². The summed E-state index contributed by atoms with van der Waals surface area (Å²) >= 11 is 0. The lowest BCUT2D eigenvalue weighted by Gasteiger charge is -2.33. The summed E-state index contributed by atoms with van der Waals surface area (Å²) in [5.74, 6) is 0. The number of morpholine rings is 1. The Labute approximate surface area is 128 Å². The highest BCUT2D eigenvalue weighted by atomic mass is 16.5. The molecule has 4 nitrogen and oxygen atoms in total. The molecule has 1 unspecified atom stereocenters. The Balaban J connectivity index is 0.000000774. The van der Waals surface area contributed by atoms with Gasteiger partial charge in [0.1, 0.15) is 0 Å². The van der Waals surface area contributed by atoms with Crippen LogP contribution < -0.4 is 4.90 Å². The number of fused-ring (bicyclic) bond motifs is 1. The van der Waals surface area contributed by atoms with E-state index < -0.39 is 0 Å². The van der Waals surface area contributed by atoms with E-state index in [1.807, 2.05) is 13.8 Å². The van der Waals surface area contributed by atoms with E-state index >= 15 is 0 Å². The number of aliphatic hydroxyl groups excluding tert-OH is 1. The number of hydrogen-bond donors (Lipinski definition) is 1. The molecular formula is C17H28N2O2. The maximum absolute atomic E-state index is 9.16. The number of nitrogens with zero attached hydrogens (tertiary/aromatic N) is 2. The van der Waals surface area contributed by atoms with Crippen molar-refractivity contribution in [3.05, 3.63) is 29.8 Å². The number of aliphatic hydroxyl groups is 1. The van der Waals surface area contributed by atoms with E-state index in [9.17, 15) is 0 Å². The molecule has 3 rings (SSSR count). The first-order valence-corrected chi connectivity index (χ1v) is 8.14. The van der Waals surface area contributed by atoms with Gasteiger partial charge in [0.2, 0.25) is 0 Å². The Hall–Kier alpha value is -1.10. The van der Waals surface area contributed by atoms with Gasteiger partial charge in [-0.25, -0.2) is 0 Å². The Kier molecular flexibility index (Phi) is 6.49. The molecule has 118 valence electrons. The van der Waals surface area contributed by atoms with Crippen molar-refractivity contribution in [2.24, 2.45) is 0 Å². The van der Waals surface area contributed by atoms with Crippen molar-refractivity contribution < 1.29 is 9.84 Å². The third-order valence-corrected chi connectivity index (χ3v) is 4.10. The van der Waals surface area contributed by atoms with Crippen LogP contribution in [-0.4, -0.2) is 62.0 Å². The summed E-state index contributed by atoms with van der Waals surface area (Å²) in [5.41, 5.74) is 2.87. The Bertz CT molecular complexity index is 425. The van der Waals surface area contributed by atoms with Gasteiger partial charge in [0.15, 0.2) is 0 Å². The van der Waals surface area contributed by atoms with Crippen molar-refractivity contribution in [1.82, 2.24) is 4.90 Å². The van der Waals surface area contributed by atoms with E-state index in [0.717, 1.165) is 39.3 Å². The summed E-state index contributed by atoms with van der Waals surface area (Å²) in [7, 11) is 0. The molecule has 2 aliphatic rings. The maximum atomic E-state index is 9.16. The molecule has 4 heteroatoms. The molecule has 2 heterocycles. The van der Waals surface area contributed by atoms with Crippen molar-refractivity contribution in [3.8, 4) is 0 Å². The summed E-state index contributed by atoms with van der Waals surface area (Å²) in [5, 5.41) is 9.16. The number of rotatable bonds is 4. The fraction of sp³-hybridized carbons (Fsp3) is 0.647. The van der Waals surface area contributed by atoms with E-state index in [-0.39, 0.29) is 12.7 Å². The zero-order valence-electron chi connectivity index (χ0n) is 13.3. The van der Waals surface area contributed by atoms with Crippen molar-refractivity contribution in [2.75, 3.05) is 50.8 Å². The zero-order valence-corrected chi connectivity index (χ0v) is 13.3. The lowest BCUT2D eigenvalue weighted by atomic mass is 10.2. The Morgan fingerprint density at radius 1 is 1.19 bits per heavy atom. The van der Waals surface area contributed by atoms with Crippen LogP contribution in [0.15, 0.2) is 24.3 Å². The fourth-order valence-corrected chi connectivity index (χ4v) is 2.99. The standard InChI is InChI=1S/C15H22N2O2.C2H6/c18-12-14-11-16(9-10-19-14)7-8-17-6-5-13-3-1-2-4-15(13)17;1-2/h1-4,14,18H,5-12H2;1-2H3. The minimum Gasteiger partial charge on any atom is -0.394 e. The Morgan fingerprint density at radius 3 is 2.81 bits per heavy atom. The van der Waals surface area contributed by atoms with Crippen molar-refractivity contribution in [1.29, 1.82) is 0 Å². The van der Waals surface area contributed by atoms with Gasteiger partial charge in [-0.1, -0.05) is 32.0 Å². The molecule has 0 saturated carbocycles. The molecule has 0 aliphatic carbocycles. The zero-order chi connectivity index (χ0) is 15.1. The van der Waals surface area contributed by atoms with Gasteiger partial charge in [0.05, 0.1) is 19.3 Å². The summed E-state index contributed by atoms with van der Waals surface area (Å²) < 4.78 is 5.48. The molecule has 1 fully saturated rings. The first-order chi connectivity index (χ1) is 10.4. The molecule has 1 atom stereocenters. The maximum Gasteiger partial charge on any atom is 0.0932 e. The molecule has 0 radical (unpaired) electrons. The normalized spacial score (nSPS) is 21.7. The molecular weight excluding hydrogens is 264 g/mol. The SMILES string of the molecule is CC.OCC1CN(CCN2CCc3ccccc32)CCO1. The molecule has 1 aromatic carbocycles. The average molecular weight is 292 g/mol. The highest BCUT2D eigenvalue weighted by molar-refractivity contribution is 5.57. The summed E-state index contributed by atoms with van der Waals surface area (Å²) in [6, 6.07) is 8.69. The number of anilines is 1. The number of hydrogen-bond acceptors (Lipinski definition) is 4. The number of ether oxygens (including phenoxy) is 1. The predicted octanol–water partition coefficient (Wildman–Crippen LogP) is 1.77. The Morgan fingerprint density at radius 2 is 2.00 bits per heavy atom. The van der Waals surface area contributed by atoms with Crippen LogP contribution in [0, 0.1) is 0 Å². The lowest BCUT2D eigenvalue weighted by Crippen LogP contribution is -2.46. The van der Waals surface area contributed by atoms with Crippen molar-refractivity contribution in [3.63, 3.8) is 0 Å². The second-order valence-electron chi connectivity index (χ2n) is 5.34. The molecule has 1 saturated heterocycles. The minimum atomic E-state index is -0.000357. The summed E-state index contributed by atoms with van der Waals surface area (Å²) in [6.45, 7) is 9.94. The quantitative estimate of drug-likeness (QED) is 0.917. The third kappa shape index (κ3) is 4.19. The van der Waals surface area contributed by atoms with Gasteiger partial charge in [-0.15, -0.1) is 0 Å². The van der Waals surface area contributed by atoms with Crippen LogP contribution in [0.2, 0.25) is 0 Å². The van der Waals surface area contributed by atoms with Crippen LogP contribution in [0.1, 0.15) is 19.4 Å². The topological polar surface area (TPSA) is 35.9 Å². The highest BCUT2D eigenvalue weighted by Gasteiger charge is 2.22. The number of benzene rings is 1. The van der Waals surface area contributed by atoms with Crippen LogP contribution >= 0.6 is 0 Å². The van der Waals surface area contributed by atoms with E-state index in [2.05, 4.69) is 34.1 Å². The average Bonchev–Trinajstić information content (AvgIpc) is 2.98. The van der Waals surface area contributed by atoms with Crippen LogP contribution in [0.3, 0.4) is 0 Å². The number of para-hydroxylation sites is 1. The van der Waals surface area contributed by atoms with Gasteiger partial charge >= 0.3 is 0 Å². The van der Waals surface area contributed by atoms with E-state index in [4.69, 9.17) is 9.84 Å². The van der Waals surface area contributed by atoms with Gasteiger partial charge in [-0.2, -0.15) is 0 Å². The molecule has 1 N–H and O–H groups in total. The van der Waals surface area contributed by atoms with Crippen molar-refractivity contribution >= 4 is 5.69 Å². The van der Waals surface area contributed by atoms with Crippen LogP contribution in [0.4, 0.5) is 5.69 Å². The van der Waals surface area contributed by atoms with Crippen LogP contribution in [-0.2, 0) is 11.2 Å². The first kappa shape index (κ1) is 16.3. The molecule has 0 aromatic heterocycles. The summed E-state index contributed by atoms with van der Waals surface area (Å²) in [4.78, 5) is 4.87. The molecule has 21 heavy (non-hydrogen) atoms. The van der Waals surface area contributed by atoms with Gasteiger partial charge < -0.3 is 14.7 Å². The first-order valence-electron chi connectivity index (χ1n) is 8.14. The van der Waals surface area contributed by atoms with Crippen molar-refractivity contribution in [2.45, 2.75) is 26.4 Å². The van der Waals surface area contributed by atoms with Gasteiger partial charge in [-0.05, 0) is 18.1 Å². The van der Waals surface area contributed by atoms with E-state index in [0.29, 0.717) is 0 Å². The second kappa shape index (κ2) is 8.37. The summed E-state index contributed by atoms with van der Waals surface area (Å²) in [6.07, 6.45) is 1.16. The molecule has 0 bridgehead atoms. The second-order valence-corrected chi connectivity index (χ2v) is 5.34. The van der Waals surface area contributed by atoms with Gasteiger partial charge in [0, 0.05) is 38.4 Å². The van der Waals surface area contributed by atoms with Crippen LogP contribution in [0.25, 0.3) is 0 Å². The molecule has 0 amide bonds. The van der Waals surface area contributed by atoms with Gasteiger partial charge in [-0.3, -0.25) is 4.90 Å².